The number of fused-ring (bicyclic) bond motifs is 5. The van der Waals surface area contributed by atoms with E-state index < -0.39 is 0 Å². The van der Waals surface area contributed by atoms with Gasteiger partial charge in [0.2, 0.25) is 5.95 Å². The number of nitrogens with zero attached hydrogens (tertiary/aromatic N) is 4. The van der Waals surface area contributed by atoms with Crippen molar-refractivity contribution >= 4 is 11.8 Å². The quantitative estimate of drug-likeness (QED) is 0.898. The van der Waals surface area contributed by atoms with Gasteiger partial charge in [0.05, 0.1) is 6.10 Å². The van der Waals surface area contributed by atoms with Crippen LogP contribution in [0.3, 0.4) is 0 Å². The topological polar surface area (TPSA) is 52.5 Å². The maximum Gasteiger partial charge on any atom is 0.227 e. The monoisotopic (exact) mass is 300 g/mol. The van der Waals surface area contributed by atoms with Gasteiger partial charge in [-0.1, -0.05) is 0 Å². The largest absolute Gasteiger partial charge is 0.391 e. The summed E-state index contributed by atoms with van der Waals surface area (Å²) in [6, 6.07) is 1.97. The zero-order chi connectivity index (χ0) is 14.7. The Labute approximate surface area is 131 Å². The number of hydrogen-bond acceptors (Lipinski definition) is 5. The van der Waals surface area contributed by atoms with Crippen LogP contribution in [0.25, 0.3) is 0 Å². The lowest BCUT2D eigenvalue weighted by atomic mass is 9.82. The van der Waals surface area contributed by atoms with Gasteiger partial charge in [0.15, 0.2) is 0 Å². The predicted octanol–water partition coefficient (Wildman–Crippen LogP) is 1.53. The Balaban J connectivity index is 1.36. The second kappa shape index (κ2) is 4.82. The van der Waals surface area contributed by atoms with Crippen molar-refractivity contribution in [1.82, 2.24) is 9.97 Å². The van der Waals surface area contributed by atoms with Crippen molar-refractivity contribution in [3.05, 3.63) is 12.3 Å². The molecule has 22 heavy (non-hydrogen) atoms. The third-order valence-electron chi connectivity index (χ3n) is 6.54. The summed E-state index contributed by atoms with van der Waals surface area (Å²) < 4.78 is 0. The molecule has 4 fully saturated rings. The van der Waals surface area contributed by atoms with E-state index in [0.29, 0.717) is 6.54 Å². The van der Waals surface area contributed by atoms with Crippen molar-refractivity contribution in [2.75, 3.05) is 36.0 Å². The van der Waals surface area contributed by atoms with Gasteiger partial charge in [-0.2, -0.15) is 4.98 Å². The molecule has 2 aliphatic carbocycles. The number of anilines is 2. The standard InChI is InChI=1S/C17H24N4O/c22-13-4-6-20(8-13)16-3-5-18-17(19-16)21-9-14-11-1-2-12(7-11)15(14)10-21/h3,5,11-15,22H,1-2,4,6-10H2/t11-,12+,13-,14-,15+/m0/s1. The van der Waals surface area contributed by atoms with Crippen LogP contribution in [0.5, 0.6) is 0 Å². The molecule has 0 amide bonds. The molecule has 1 aromatic rings. The molecular weight excluding hydrogens is 276 g/mol. The first-order valence-electron chi connectivity index (χ1n) is 8.79. The number of aliphatic hydroxyl groups is 1. The minimum atomic E-state index is -0.208. The highest BCUT2D eigenvalue weighted by atomic mass is 16.3. The van der Waals surface area contributed by atoms with E-state index in [2.05, 4.69) is 14.8 Å². The normalized spacial score (nSPS) is 39.8. The highest BCUT2D eigenvalue weighted by Gasteiger charge is 2.51. The van der Waals surface area contributed by atoms with Crippen molar-refractivity contribution in [2.24, 2.45) is 23.7 Å². The van der Waals surface area contributed by atoms with Crippen LogP contribution in [0.2, 0.25) is 0 Å². The molecule has 2 saturated heterocycles. The van der Waals surface area contributed by atoms with Crippen LogP contribution in [0.15, 0.2) is 12.3 Å². The second-order valence-electron chi connectivity index (χ2n) is 7.67. The van der Waals surface area contributed by atoms with Gasteiger partial charge in [0.1, 0.15) is 5.82 Å². The molecule has 4 aliphatic rings. The molecule has 3 heterocycles. The lowest BCUT2D eigenvalue weighted by Crippen LogP contribution is -2.27. The van der Waals surface area contributed by atoms with Crippen LogP contribution in [-0.2, 0) is 0 Å². The van der Waals surface area contributed by atoms with Crippen molar-refractivity contribution < 1.29 is 5.11 Å². The van der Waals surface area contributed by atoms with Gasteiger partial charge in [-0.3, -0.25) is 0 Å². The first-order valence-corrected chi connectivity index (χ1v) is 8.79. The number of rotatable bonds is 2. The van der Waals surface area contributed by atoms with Crippen molar-refractivity contribution in [2.45, 2.75) is 31.8 Å². The first-order chi connectivity index (χ1) is 10.8. The maximum atomic E-state index is 9.72. The fourth-order valence-corrected chi connectivity index (χ4v) is 5.46. The number of aromatic nitrogens is 2. The Morgan fingerprint density at radius 1 is 1.00 bits per heavy atom. The number of aliphatic hydroxyl groups excluding tert-OH is 1. The Bertz CT molecular complexity index is 562. The molecule has 5 atom stereocenters. The Morgan fingerprint density at radius 2 is 1.77 bits per heavy atom. The van der Waals surface area contributed by atoms with E-state index in [0.717, 1.165) is 61.5 Å². The Hall–Kier alpha value is -1.36. The summed E-state index contributed by atoms with van der Waals surface area (Å²) in [5.74, 6) is 5.59. The highest BCUT2D eigenvalue weighted by molar-refractivity contribution is 5.45. The van der Waals surface area contributed by atoms with Crippen LogP contribution in [0, 0.1) is 23.7 Å². The van der Waals surface area contributed by atoms with E-state index in [-0.39, 0.29) is 6.10 Å². The van der Waals surface area contributed by atoms with Crippen LogP contribution < -0.4 is 9.80 Å². The molecule has 1 N–H and O–H groups in total. The molecule has 2 bridgehead atoms. The van der Waals surface area contributed by atoms with E-state index in [1.165, 1.54) is 19.3 Å². The van der Waals surface area contributed by atoms with Crippen molar-refractivity contribution in [3.63, 3.8) is 0 Å². The number of β-amino-alcohol motifs (C(OH)–C–C–N with tert-alkyl or cyclic N) is 1. The van der Waals surface area contributed by atoms with Gasteiger partial charge in [0, 0.05) is 32.4 Å². The van der Waals surface area contributed by atoms with E-state index in [1.54, 1.807) is 0 Å². The van der Waals surface area contributed by atoms with E-state index in [4.69, 9.17) is 4.98 Å². The van der Waals surface area contributed by atoms with Gasteiger partial charge in [0.25, 0.3) is 0 Å². The molecule has 5 heteroatoms. The molecule has 118 valence electrons. The zero-order valence-corrected chi connectivity index (χ0v) is 12.9. The van der Waals surface area contributed by atoms with Gasteiger partial charge in [-0.15, -0.1) is 0 Å². The fourth-order valence-electron chi connectivity index (χ4n) is 5.46. The summed E-state index contributed by atoms with van der Waals surface area (Å²) in [6.45, 7) is 3.90. The zero-order valence-electron chi connectivity index (χ0n) is 12.9. The minimum absolute atomic E-state index is 0.208. The predicted molar refractivity (Wildman–Crippen MR) is 84.9 cm³/mol. The van der Waals surface area contributed by atoms with E-state index in [9.17, 15) is 5.11 Å². The van der Waals surface area contributed by atoms with Gasteiger partial charge < -0.3 is 14.9 Å². The Kier molecular flexibility index (Phi) is 2.87. The number of hydrogen-bond donors (Lipinski definition) is 1. The van der Waals surface area contributed by atoms with E-state index >= 15 is 0 Å². The molecule has 5 rings (SSSR count). The smallest absolute Gasteiger partial charge is 0.227 e. The molecule has 0 spiro atoms. The third-order valence-corrected chi connectivity index (χ3v) is 6.54. The summed E-state index contributed by atoms with van der Waals surface area (Å²) in [4.78, 5) is 13.9. The van der Waals surface area contributed by atoms with Crippen LogP contribution >= 0.6 is 0 Å². The summed E-state index contributed by atoms with van der Waals surface area (Å²) in [5, 5.41) is 9.72. The molecule has 1 aromatic heterocycles. The Morgan fingerprint density at radius 3 is 2.45 bits per heavy atom. The van der Waals surface area contributed by atoms with Gasteiger partial charge in [-0.05, 0) is 55.4 Å². The minimum Gasteiger partial charge on any atom is -0.391 e. The first kappa shape index (κ1) is 13.1. The summed E-state index contributed by atoms with van der Waals surface area (Å²) in [5.41, 5.74) is 0. The molecule has 5 nitrogen and oxygen atoms in total. The molecule has 0 radical (unpaired) electrons. The second-order valence-corrected chi connectivity index (χ2v) is 7.67. The van der Waals surface area contributed by atoms with Crippen molar-refractivity contribution in [3.8, 4) is 0 Å². The fraction of sp³-hybridized carbons (Fsp3) is 0.765. The average molecular weight is 300 g/mol. The lowest BCUT2D eigenvalue weighted by Gasteiger charge is -2.22. The molecule has 0 aromatic carbocycles. The van der Waals surface area contributed by atoms with Crippen LogP contribution in [-0.4, -0.2) is 47.4 Å². The molecule has 2 aliphatic heterocycles. The van der Waals surface area contributed by atoms with Crippen LogP contribution in [0.4, 0.5) is 11.8 Å². The van der Waals surface area contributed by atoms with Gasteiger partial charge in [-0.25, -0.2) is 4.98 Å². The molecule has 0 unspecified atom stereocenters. The SMILES string of the molecule is O[C@H]1CCN(c2ccnc(N3C[C@@H]4[C@@H]5CC[C@@H](C5)[C@@H]4C3)n2)C1. The van der Waals surface area contributed by atoms with E-state index in [1.807, 2.05) is 12.3 Å². The molecule has 2 saturated carbocycles. The van der Waals surface area contributed by atoms with Crippen LogP contribution in [0.1, 0.15) is 25.7 Å². The summed E-state index contributed by atoms with van der Waals surface area (Å²) >= 11 is 0. The third kappa shape index (κ3) is 1.94. The maximum absolute atomic E-state index is 9.72. The highest BCUT2D eigenvalue weighted by Crippen LogP contribution is 2.55. The van der Waals surface area contributed by atoms with Crippen molar-refractivity contribution in [1.29, 1.82) is 0 Å². The average Bonchev–Trinajstić information content (AvgIpc) is 3.29. The van der Waals surface area contributed by atoms with Gasteiger partial charge >= 0.3 is 0 Å². The molecular formula is C17H24N4O. The summed E-state index contributed by atoms with van der Waals surface area (Å²) in [7, 11) is 0. The summed E-state index contributed by atoms with van der Waals surface area (Å²) in [6.07, 6.45) is 6.90. The lowest BCUT2D eigenvalue weighted by molar-refractivity contribution is 0.198.